The molecular formula is C33H40N5O6P. The molecular weight excluding hydrogens is 593 g/mol. The quantitative estimate of drug-likeness (QED) is 0.0708. The van der Waals surface area contributed by atoms with Crippen LogP contribution >= 0.6 is 7.75 Å². The molecule has 2 aromatic heterocycles. The van der Waals surface area contributed by atoms with Crippen LogP contribution in [0.3, 0.4) is 0 Å². The third kappa shape index (κ3) is 7.28. The van der Waals surface area contributed by atoms with E-state index in [0.717, 1.165) is 40.0 Å². The van der Waals surface area contributed by atoms with Gasteiger partial charge in [0.2, 0.25) is 0 Å². The number of hydrogen-bond donors (Lipinski definition) is 2. The zero-order chi connectivity index (χ0) is 32.0. The average molecular weight is 634 g/mol. The van der Waals surface area contributed by atoms with Crippen molar-refractivity contribution in [2.24, 2.45) is 0 Å². The molecule has 45 heavy (non-hydrogen) atoms. The molecule has 0 aliphatic heterocycles. The van der Waals surface area contributed by atoms with Crippen molar-refractivity contribution in [3.63, 3.8) is 0 Å². The number of nitrogens with one attached hydrogen (secondary N) is 1. The normalized spacial score (nSPS) is 14.4. The number of imidazole rings is 1. The molecule has 3 atom stereocenters. The number of anilines is 1. The van der Waals surface area contributed by atoms with Crippen molar-refractivity contribution in [3.8, 4) is 5.75 Å². The Morgan fingerprint density at radius 1 is 1.00 bits per heavy atom. The highest BCUT2D eigenvalue weighted by atomic mass is 31.2. The van der Waals surface area contributed by atoms with Crippen LogP contribution in [0.25, 0.3) is 32.7 Å². The molecule has 0 spiro atoms. The lowest BCUT2D eigenvalue weighted by molar-refractivity contribution is -0.145. The summed E-state index contributed by atoms with van der Waals surface area (Å²) in [5.41, 5.74) is 8.40. The lowest BCUT2D eigenvalue weighted by Crippen LogP contribution is -2.35. The van der Waals surface area contributed by atoms with Crippen molar-refractivity contribution in [2.45, 2.75) is 59.2 Å². The third-order valence-corrected chi connectivity index (χ3v) is 9.03. The van der Waals surface area contributed by atoms with Crippen molar-refractivity contribution >= 4 is 52.2 Å². The Bertz CT molecular complexity index is 1840. The minimum atomic E-state index is -4.16. The van der Waals surface area contributed by atoms with Crippen LogP contribution in [0.4, 0.5) is 5.82 Å². The van der Waals surface area contributed by atoms with Crippen molar-refractivity contribution in [1.29, 1.82) is 0 Å². The molecule has 1 unspecified atom stereocenters. The predicted molar refractivity (Wildman–Crippen MR) is 176 cm³/mol. The van der Waals surface area contributed by atoms with Gasteiger partial charge in [-0.15, -0.1) is 0 Å². The predicted octanol–water partition coefficient (Wildman–Crippen LogP) is 6.94. The van der Waals surface area contributed by atoms with E-state index < -0.39 is 25.8 Å². The summed E-state index contributed by atoms with van der Waals surface area (Å²) >= 11 is 0. The van der Waals surface area contributed by atoms with Gasteiger partial charge in [0, 0.05) is 17.4 Å². The van der Waals surface area contributed by atoms with Gasteiger partial charge in [-0.1, -0.05) is 67.9 Å². The molecule has 2 heterocycles. The van der Waals surface area contributed by atoms with Gasteiger partial charge < -0.3 is 24.3 Å². The Labute approximate surface area is 262 Å². The van der Waals surface area contributed by atoms with Crippen molar-refractivity contribution in [3.05, 3.63) is 72.6 Å². The zero-order valence-electron chi connectivity index (χ0n) is 26.1. The second-order valence-corrected chi connectivity index (χ2v) is 12.5. The maximum Gasteiger partial charge on any atom is 0.459 e. The lowest BCUT2D eigenvalue weighted by atomic mass is 10.1. The Hall–Kier alpha value is -4.02. The molecule has 0 aliphatic rings. The molecule has 5 aromatic rings. The number of nitrogens with two attached hydrogens (primary N) is 1. The molecule has 3 aromatic carbocycles. The van der Waals surface area contributed by atoms with Crippen LogP contribution < -0.4 is 15.3 Å². The number of carbonyl (C=O) groups excluding carboxylic acids is 1. The van der Waals surface area contributed by atoms with Crippen molar-refractivity contribution in [1.82, 2.24) is 19.6 Å². The van der Waals surface area contributed by atoms with E-state index in [1.807, 2.05) is 86.0 Å². The number of pyridine rings is 1. The molecule has 0 saturated carbocycles. The summed E-state index contributed by atoms with van der Waals surface area (Å²) < 4.78 is 39.9. The Kier molecular flexibility index (Phi) is 10.4. The summed E-state index contributed by atoms with van der Waals surface area (Å²) in [5, 5.41) is 5.34. The molecule has 0 saturated heterocycles. The molecule has 0 fully saturated rings. The fourth-order valence-electron chi connectivity index (χ4n) is 5.15. The third-order valence-electron chi connectivity index (χ3n) is 7.40. The van der Waals surface area contributed by atoms with E-state index in [-0.39, 0.29) is 19.8 Å². The number of nitrogens with zero attached hydrogens (tertiary/aromatic N) is 3. The van der Waals surface area contributed by atoms with Gasteiger partial charge in [0.1, 0.15) is 29.7 Å². The van der Waals surface area contributed by atoms with Crippen molar-refractivity contribution in [2.75, 3.05) is 25.6 Å². The molecule has 0 amide bonds. The average Bonchev–Trinajstić information content (AvgIpc) is 3.43. The number of benzene rings is 3. The maximum atomic E-state index is 14.5. The Balaban J connectivity index is 1.49. The highest BCUT2D eigenvalue weighted by Crippen LogP contribution is 2.47. The standard InChI is InChI=1S/C33H40N5O6P/c1-5-7-19-42-33(39)23(4)37-45(40,44-28-18-12-14-24-13-8-9-15-25(24)28)43-20-22(3)38-29(21-41-6-2)36-30-31(38)26-16-10-11-17-27(26)35-32(30)34/h8-18,22-23H,5-7,19-21H2,1-4H3,(H2,34,35)(H,37,40)/t22-,23+,45?/m1/s1. The van der Waals surface area contributed by atoms with Crippen LogP contribution in [0.15, 0.2) is 66.7 Å². The maximum absolute atomic E-state index is 14.5. The van der Waals surface area contributed by atoms with E-state index in [4.69, 9.17) is 29.2 Å². The molecule has 0 aliphatic carbocycles. The number of rotatable bonds is 15. The van der Waals surface area contributed by atoms with E-state index in [2.05, 4.69) is 10.1 Å². The molecule has 5 rings (SSSR count). The molecule has 0 radical (unpaired) electrons. The molecule has 3 N–H and O–H groups in total. The number of aromatic nitrogens is 3. The minimum Gasteiger partial charge on any atom is -0.465 e. The number of unbranched alkanes of at least 4 members (excludes halogenated alkanes) is 1. The fraction of sp³-hybridized carbons (Fsp3) is 0.364. The first-order valence-corrected chi connectivity index (χ1v) is 16.8. The van der Waals surface area contributed by atoms with Gasteiger partial charge in [-0.3, -0.25) is 9.32 Å². The van der Waals surface area contributed by atoms with E-state index >= 15 is 0 Å². The zero-order valence-corrected chi connectivity index (χ0v) is 27.0. The summed E-state index contributed by atoms with van der Waals surface area (Å²) in [5.74, 6) is 0.739. The van der Waals surface area contributed by atoms with Crippen molar-refractivity contribution < 1.29 is 27.9 Å². The number of carbonyl (C=O) groups is 1. The molecule has 12 heteroatoms. The summed E-state index contributed by atoms with van der Waals surface area (Å²) in [4.78, 5) is 22.1. The highest BCUT2D eigenvalue weighted by Gasteiger charge is 2.34. The van der Waals surface area contributed by atoms with E-state index in [0.29, 0.717) is 29.5 Å². The Morgan fingerprint density at radius 3 is 2.51 bits per heavy atom. The van der Waals surface area contributed by atoms with E-state index in [1.54, 1.807) is 13.0 Å². The van der Waals surface area contributed by atoms with Gasteiger partial charge in [-0.2, -0.15) is 5.09 Å². The van der Waals surface area contributed by atoms with Gasteiger partial charge in [0.05, 0.1) is 30.3 Å². The summed E-state index contributed by atoms with van der Waals surface area (Å²) in [6, 6.07) is 19.4. The first kappa shape index (κ1) is 32.4. The summed E-state index contributed by atoms with van der Waals surface area (Å²) in [6.45, 7) is 8.35. The summed E-state index contributed by atoms with van der Waals surface area (Å²) in [7, 11) is -4.16. The largest absolute Gasteiger partial charge is 0.465 e. The van der Waals surface area contributed by atoms with Gasteiger partial charge >= 0.3 is 13.7 Å². The smallest absolute Gasteiger partial charge is 0.459 e. The van der Waals surface area contributed by atoms with Gasteiger partial charge in [-0.05, 0) is 44.7 Å². The minimum absolute atomic E-state index is 0.0617. The number of nitrogen functional groups attached to an aromatic ring is 1. The SMILES string of the molecule is CCCCOC(=O)[C@H](C)NP(=O)(OC[C@@H](C)n1c(COCC)nc2c(N)nc3ccccc3c21)Oc1cccc2ccccc12. The summed E-state index contributed by atoms with van der Waals surface area (Å²) in [6.07, 6.45) is 1.61. The van der Waals surface area contributed by atoms with Crippen LogP contribution in [0.1, 0.15) is 52.4 Å². The Morgan fingerprint density at radius 2 is 1.73 bits per heavy atom. The van der Waals surface area contributed by atoms with E-state index in [1.165, 1.54) is 0 Å². The number of hydrogen-bond acceptors (Lipinski definition) is 9. The fourth-order valence-corrected chi connectivity index (χ4v) is 6.74. The van der Waals surface area contributed by atoms with Crippen LogP contribution in [0.5, 0.6) is 5.75 Å². The van der Waals surface area contributed by atoms with Crippen LogP contribution in [0, 0.1) is 0 Å². The van der Waals surface area contributed by atoms with E-state index in [9.17, 15) is 9.36 Å². The number of fused-ring (bicyclic) bond motifs is 4. The molecule has 0 bridgehead atoms. The number of para-hydroxylation sites is 1. The second kappa shape index (κ2) is 14.4. The number of ether oxygens (including phenoxy) is 2. The molecule has 11 nitrogen and oxygen atoms in total. The lowest BCUT2D eigenvalue weighted by Gasteiger charge is -2.26. The van der Waals surface area contributed by atoms with Gasteiger partial charge in [0.25, 0.3) is 0 Å². The second-order valence-electron chi connectivity index (χ2n) is 10.8. The molecule has 238 valence electrons. The van der Waals surface area contributed by atoms with Crippen LogP contribution in [0.2, 0.25) is 0 Å². The highest BCUT2D eigenvalue weighted by molar-refractivity contribution is 7.52. The van der Waals surface area contributed by atoms with Crippen LogP contribution in [-0.4, -0.2) is 46.4 Å². The monoisotopic (exact) mass is 633 g/mol. The first-order valence-electron chi connectivity index (χ1n) is 15.2. The van der Waals surface area contributed by atoms with Gasteiger partial charge in [-0.25, -0.2) is 14.5 Å². The first-order chi connectivity index (χ1) is 21.7. The van der Waals surface area contributed by atoms with Gasteiger partial charge in [0.15, 0.2) is 5.82 Å². The number of esters is 1. The van der Waals surface area contributed by atoms with Crippen LogP contribution in [-0.2, 0) is 30.0 Å². The topological polar surface area (TPSA) is 140 Å².